The molecule has 0 saturated heterocycles. The van der Waals surface area contributed by atoms with Gasteiger partial charge in [-0.05, 0) is 45.0 Å². The first-order valence-electron chi connectivity index (χ1n) is 4.66. The van der Waals surface area contributed by atoms with Crippen LogP contribution in [0.5, 0.6) is 5.75 Å². The summed E-state index contributed by atoms with van der Waals surface area (Å²) >= 11 is 0. The summed E-state index contributed by atoms with van der Waals surface area (Å²) < 4.78 is 5.59. The average molecular weight is 209 g/mol. The summed E-state index contributed by atoms with van der Waals surface area (Å²) in [5.74, 6) is 0.721. The van der Waals surface area contributed by atoms with Gasteiger partial charge in [0.1, 0.15) is 11.4 Å². The van der Waals surface area contributed by atoms with Crippen molar-refractivity contribution in [1.29, 1.82) is 0 Å². The van der Waals surface area contributed by atoms with Crippen molar-refractivity contribution >= 4 is 11.8 Å². The van der Waals surface area contributed by atoms with E-state index in [1.165, 1.54) is 0 Å². The van der Waals surface area contributed by atoms with Gasteiger partial charge in [-0.25, -0.2) is 4.79 Å². The van der Waals surface area contributed by atoms with E-state index >= 15 is 0 Å². The Balaban J connectivity index is 2.68. The molecule has 0 bridgehead atoms. The van der Waals surface area contributed by atoms with E-state index in [9.17, 15) is 4.79 Å². The lowest BCUT2D eigenvalue weighted by Crippen LogP contribution is -2.22. The van der Waals surface area contributed by atoms with Crippen molar-refractivity contribution in [3.05, 3.63) is 24.3 Å². The van der Waals surface area contributed by atoms with E-state index in [0.29, 0.717) is 5.69 Å². The number of hydrogen-bond acceptors (Lipinski definition) is 2. The number of nitrogens with one attached hydrogen (secondary N) is 1. The molecular formula is C11H15NO3. The summed E-state index contributed by atoms with van der Waals surface area (Å²) in [4.78, 5) is 10.3. The zero-order valence-corrected chi connectivity index (χ0v) is 9.07. The minimum Gasteiger partial charge on any atom is -0.488 e. The van der Waals surface area contributed by atoms with Crippen molar-refractivity contribution in [2.24, 2.45) is 0 Å². The minimum absolute atomic E-state index is 0.248. The van der Waals surface area contributed by atoms with Crippen LogP contribution in [-0.2, 0) is 0 Å². The summed E-state index contributed by atoms with van der Waals surface area (Å²) in [6.45, 7) is 5.86. The molecule has 4 nitrogen and oxygen atoms in total. The Bertz CT molecular complexity index is 338. The zero-order valence-electron chi connectivity index (χ0n) is 9.07. The quantitative estimate of drug-likeness (QED) is 0.787. The second-order valence-corrected chi connectivity index (χ2v) is 4.17. The van der Waals surface area contributed by atoms with Crippen molar-refractivity contribution in [2.75, 3.05) is 5.32 Å². The number of anilines is 1. The molecule has 0 aromatic heterocycles. The molecular weight excluding hydrogens is 194 g/mol. The molecule has 1 rings (SSSR count). The molecule has 1 aromatic carbocycles. The Morgan fingerprint density at radius 1 is 1.27 bits per heavy atom. The van der Waals surface area contributed by atoms with E-state index in [4.69, 9.17) is 9.84 Å². The molecule has 82 valence electrons. The molecule has 0 aliphatic carbocycles. The van der Waals surface area contributed by atoms with E-state index < -0.39 is 6.09 Å². The van der Waals surface area contributed by atoms with Gasteiger partial charge in [-0.15, -0.1) is 0 Å². The molecule has 0 radical (unpaired) electrons. The first-order valence-corrected chi connectivity index (χ1v) is 4.66. The summed E-state index contributed by atoms with van der Waals surface area (Å²) in [7, 11) is 0. The first kappa shape index (κ1) is 11.4. The lowest BCUT2D eigenvalue weighted by Gasteiger charge is -2.21. The molecule has 0 spiro atoms. The highest BCUT2D eigenvalue weighted by molar-refractivity contribution is 5.82. The van der Waals surface area contributed by atoms with Crippen molar-refractivity contribution in [1.82, 2.24) is 0 Å². The Morgan fingerprint density at radius 2 is 1.80 bits per heavy atom. The Morgan fingerprint density at radius 3 is 2.20 bits per heavy atom. The number of rotatable bonds is 2. The lowest BCUT2D eigenvalue weighted by atomic mass is 10.2. The largest absolute Gasteiger partial charge is 0.488 e. The van der Waals surface area contributed by atoms with Crippen LogP contribution in [0.2, 0.25) is 0 Å². The van der Waals surface area contributed by atoms with E-state index in [-0.39, 0.29) is 5.60 Å². The zero-order chi connectivity index (χ0) is 11.5. The molecule has 0 heterocycles. The third-order valence-electron chi connectivity index (χ3n) is 1.53. The van der Waals surface area contributed by atoms with Gasteiger partial charge in [0.25, 0.3) is 0 Å². The molecule has 0 saturated carbocycles. The van der Waals surface area contributed by atoms with Crippen molar-refractivity contribution in [2.45, 2.75) is 26.4 Å². The predicted molar refractivity (Wildman–Crippen MR) is 58.5 cm³/mol. The highest BCUT2D eigenvalue weighted by atomic mass is 16.5. The molecule has 0 atom stereocenters. The lowest BCUT2D eigenvalue weighted by molar-refractivity contribution is 0.131. The molecule has 0 aliphatic heterocycles. The fourth-order valence-corrected chi connectivity index (χ4v) is 1.08. The SMILES string of the molecule is CC(C)(C)Oc1ccc(NC(=O)O)cc1. The van der Waals surface area contributed by atoms with Crippen LogP contribution in [0.25, 0.3) is 0 Å². The van der Waals surface area contributed by atoms with Gasteiger partial charge in [0, 0.05) is 5.69 Å². The van der Waals surface area contributed by atoms with Crippen LogP contribution in [0.1, 0.15) is 20.8 Å². The van der Waals surface area contributed by atoms with E-state index in [2.05, 4.69) is 5.32 Å². The number of benzene rings is 1. The fourth-order valence-electron chi connectivity index (χ4n) is 1.08. The normalized spacial score (nSPS) is 10.9. The van der Waals surface area contributed by atoms with E-state index in [0.717, 1.165) is 5.75 Å². The molecule has 0 fully saturated rings. The number of amides is 1. The van der Waals surface area contributed by atoms with Gasteiger partial charge < -0.3 is 9.84 Å². The van der Waals surface area contributed by atoms with Crippen LogP contribution in [-0.4, -0.2) is 16.8 Å². The van der Waals surface area contributed by atoms with Crippen LogP contribution in [0.15, 0.2) is 24.3 Å². The van der Waals surface area contributed by atoms with Gasteiger partial charge >= 0.3 is 6.09 Å². The monoisotopic (exact) mass is 209 g/mol. The molecule has 1 aromatic rings. The molecule has 2 N–H and O–H groups in total. The Labute approximate surface area is 88.9 Å². The summed E-state index contributed by atoms with van der Waals surface area (Å²) in [5, 5.41) is 10.7. The maximum Gasteiger partial charge on any atom is 0.409 e. The maximum atomic E-state index is 10.3. The summed E-state index contributed by atoms with van der Waals surface area (Å²) in [6, 6.07) is 6.79. The topological polar surface area (TPSA) is 58.6 Å². The van der Waals surface area contributed by atoms with Crippen LogP contribution in [0.4, 0.5) is 10.5 Å². The minimum atomic E-state index is -1.07. The molecule has 1 amide bonds. The predicted octanol–water partition coefficient (Wildman–Crippen LogP) is 2.95. The maximum absolute atomic E-state index is 10.3. The second kappa shape index (κ2) is 4.21. The van der Waals surface area contributed by atoms with Crippen LogP contribution in [0, 0.1) is 0 Å². The van der Waals surface area contributed by atoms with Gasteiger partial charge in [0.15, 0.2) is 0 Å². The standard InChI is InChI=1S/C11H15NO3/c1-11(2,3)15-9-6-4-8(5-7-9)12-10(13)14/h4-7,12H,1-3H3,(H,13,14). The van der Waals surface area contributed by atoms with Crippen molar-refractivity contribution in [3.8, 4) is 5.75 Å². The van der Waals surface area contributed by atoms with Gasteiger partial charge in [-0.2, -0.15) is 0 Å². The Kier molecular flexibility index (Phi) is 3.19. The summed E-state index contributed by atoms with van der Waals surface area (Å²) in [5.41, 5.74) is 0.283. The molecule has 0 aliphatic rings. The highest BCUT2D eigenvalue weighted by Gasteiger charge is 2.11. The first-order chi connectivity index (χ1) is 6.87. The van der Waals surface area contributed by atoms with Crippen LogP contribution in [0.3, 0.4) is 0 Å². The summed E-state index contributed by atoms with van der Waals surface area (Å²) in [6.07, 6.45) is -1.07. The molecule has 15 heavy (non-hydrogen) atoms. The van der Waals surface area contributed by atoms with E-state index in [1.807, 2.05) is 20.8 Å². The van der Waals surface area contributed by atoms with Gasteiger partial charge in [-0.3, -0.25) is 5.32 Å². The number of hydrogen-bond donors (Lipinski definition) is 2. The third-order valence-corrected chi connectivity index (χ3v) is 1.53. The molecule has 4 heteroatoms. The van der Waals surface area contributed by atoms with Crippen LogP contribution >= 0.6 is 0 Å². The fraction of sp³-hybridized carbons (Fsp3) is 0.364. The number of ether oxygens (including phenoxy) is 1. The second-order valence-electron chi connectivity index (χ2n) is 4.17. The highest BCUT2D eigenvalue weighted by Crippen LogP contribution is 2.20. The van der Waals surface area contributed by atoms with E-state index in [1.54, 1.807) is 24.3 Å². The average Bonchev–Trinajstić information content (AvgIpc) is 2.05. The van der Waals surface area contributed by atoms with Crippen LogP contribution < -0.4 is 10.1 Å². The van der Waals surface area contributed by atoms with Crippen molar-refractivity contribution in [3.63, 3.8) is 0 Å². The number of carbonyl (C=O) groups is 1. The van der Waals surface area contributed by atoms with Gasteiger partial charge in [0.05, 0.1) is 0 Å². The van der Waals surface area contributed by atoms with Crippen molar-refractivity contribution < 1.29 is 14.6 Å². The third kappa shape index (κ3) is 4.35. The van der Waals surface area contributed by atoms with Gasteiger partial charge in [-0.1, -0.05) is 0 Å². The Hall–Kier alpha value is -1.71. The smallest absolute Gasteiger partial charge is 0.409 e. The molecule has 0 unspecified atom stereocenters. The number of carboxylic acid groups (broad SMARTS) is 1. The van der Waals surface area contributed by atoms with Gasteiger partial charge in [0.2, 0.25) is 0 Å².